The molecule has 1 aromatic carbocycles. The maximum atomic E-state index is 12.8. The third-order valence-electron chi connectivity index (χ3n) is 6.08. The molecule has 0 spiro atoms. The van der Waals surface area contributed by atoms with Gasteiger partial charge in [-0.15, -0.1) is 11.3 Å². The summed E-state index contributed by atoms with van der Waals surface area (Å²) in [7, 11) is 0. The lowest BCUT2D eigenvalue weighted by molar-refractivity contribution is 0.249. The molecule has 1 unspecified atom stereocenters. The van der Waals surface area contributed by atoms with E-state index in [9.17, 15) is 4.79 Å². The molecule has 1 aliphatic rings. The molecular formula is C24H30N4OS. The molecule has 2 aromatic heterocycles. The monoisotopic (exact) mass is 422 g/mol. The van der Waals surface area contributed by atoms with Gasteiger partial charge < -0.3 is 15.2 Å². The van der Waals surface area contributed by atoms with Crippen molar-refractivity contribution in [3.8, 4) is 5.00 Å². The van der Waals surface area contributed by atoms with Crippen LogP contribution in [0.4, 0.5) is 10.5 Å². The fourth-order valence-corrected chi connectivity index (χ4v) is 5.61. The second kappa shape index (κ2) is 8.66. The average Bonchev–Trinajstić information content (AvgIpc) is 3.38. The van der Waals surface area contributed by atoms with Gasteiger partial charge in [0.25, 0.3) is 0 Å². The van der Waals surface area contributed by atoms with Gasteiger partial charge >= 0.3 is 6.03 Å². The summed E-state index contributed by atoms with van der Waals surface area (Å²) in [6.45, 7) is 11.5. The Morgan fingerprint density at radius 2 is 1.97 bits per heavy atom. The van der Waals surface area contributed by atoms with E-state index in [4.69, 9.17) is 0 Å². The van der Waals surface area contributed by atoms with Crippen LogP contribution >= 0.6 is 11.3 Å². The molecule has 1 atom stereocenters. The number of benzene rings is 1. The van der Waals surface area contributed by atoms with Crippen LogP contribution in [0.2, 0.25) is 0 Å². The zero-order valence-corrected chi connectivity index (χ0v) is 19.0. The number of nitrogens with one attached hydrogen (secondary N) is 2. The Balaban J connectivity index is 1.60. The minimum atomic E-state index is -0.166. The van der Waals surface area contributed by atoms with Crippen LogP contribution in [0.15, 0.2) is 42.7 Å². The molecule has 6 heteroatoms. The number of anilines is 1. The number of aromatic nitrogens is 1. The van der Waals surface area contributed by atoms with E-state index >= 15 is 0 Å². The van der Waals surface area contributed by atoms with Crippen LogP contribution in [-0.2, 0) is 13.0 Å². The quantitative estimate of drug-likeness (QED) is 0.577. The molecule has 0 radical (unpaired) electrons. The maximum Gasteiger partial charge on any atom is 0.319 e. The largest absolute Gasteiger partial charge is 0.331 e. The summed E-state index contributed by atoms with van der Waals surface area (Å²) in [5.74, 6) is 0. The van der Waals surface area contributed by atoms with E-state index < -0.39 is 0 Å². The number of hydrogen-bond donors (Lipinski definition) is 2. The van der Waals surface area contributed by atoms with Crippen LogP contribution in [0.5, 0.6) is 0 Å². The summed E-state index contributed by atoms with van der Waals surface area (Å²) in [5, 5.41) is 7.43. The van der Waals surface area contributed by atoms with E-state index in [1.165, 1.54) is 26.6 Å². The smallest absolute Gasteiger partial charge is 0.319 e. The van der Waals surface area contributed by atoms with E-state index in [2.05, 4.69) is 59.3 Å². The lowest BCUT2D eigenvalue weighted by Gasteiger charge is -2.27. The van der Waals surface area contributed by atoms with E-state index in [0.29, 0.717) is 0 Å². The van der Waals surface area contributed by atoms with Crippen molar-refractivity contribution in [1.82, 2.24) is 14.8 Å². The predicted octanol–water partition coefficient (Wildman–Crippen LogP) is 5.42. The first kappa shape index (κ1) is 20.7. The van der Waals surface area contributed by atoms with E-state index in [0.717, 1.165) is 37.3 Å². The van der Waals surface area contributed by atoms with Crippen LogP contribution in [0, 0.1) is 13.8 Å². The zero-order valence-electron chi connectivity index (χ0n) is 18.2. The highest BCUT2D eigenvalue weighted by molar-refractivity contribution is 7.15. The summed E-state index contributed by atoms with van der Waals surface area (Å²) in [6, 6.07) is 9.82. The molecule has 4 rings (SSSR count). The Labute approximate surface area is 182 Å². The highest BCUT2D eigenvalue weighted by Gasteiger charge is 2.28. The third kappa shape index (κ3) is 4.02. The topological polar surface area (TPSA) is 49.3 Å². The molecule has 0 fully saturated rings. The molecule has 0 aliphatic carbocycles. The molecule has 0 bridgehead atoms. The summed E-state index contributed by atoms with van der Waals surface area (Å²) < 4.78 is 2.18. The number of nitrogens with zero attached hydrogens (tertiary/aromatic N) is 2. The molecule has 5 nitrogen and oxygen atoms in total. The molecule has 3 aromatic rings. The Bertz CT molecular complexity index is 1040. The minimum Gasteiger partial charge on any atom is -0.331 e. The van der Waals surface area contributed by atoms with Gasteiger partial charge in [0.05, 0.1) is 6.04 Å². The van der Waals surface area contributed by atoms with Crippen LogP contribution in [-0.4, -0.2) is 28.6 Å². The van der Waals surface area contributed by atoms with Crippen molar-refractivity contribution in [2.45, 2.75) is 46.7 Å². The lowest BCUT2D eigenvalue weighted by atomic mass is 9.98. The number of thiophene rings is 1. The average molecular weight is 423 g/mol. The number of hydrogen-bond acceptors (Lipinski definition) is 3. The number of carbonyl (C=O) groups excluding carboxylic acids is 1. The zero-order chi connectivity index (χ0) is 21.3. The molecule has 0 saturated carbocycles. The Morgan fingerprint density at radius 1 is 1.20 bits per heavy atom. The molecule has 3 heterocycles. The first-order valence-corrected chi connectivity index (χ1v) is 11.4. The second-order valence-electron chi connectivity index (χ2n) is 8.00. The molecule has 2 amide bonds. The summed E-state index contributed by atoms with van der Waals surface area (Å²) in [6.07, 6.45) is 5.20. The second-order valence-corrected chi connectivity index (χ2v) is 9.08. The first-order valence-electron chi connectivity index (χ1n) is 10.6. The predicted molar refractivity (Wildman–Crippen MR) is 125 cm³/mol. The number of likely N-dealkylation sites (N-methyl/N-ethyl adjacent to an activating group) is 1. The Morgan fingerprint density at radius 3 is 2.70 bits per heavy atom. The summed E-state index contributed by atoms with van der Waals surface area (Å²) >= 11 is 1.85. The molecule has 0 saturated heterocycles. The van der Waals surface area contributed by atoms with Crippen molar-refractivity contribution in [3.63, 3.8) is 0 Å². The number of fused-ring (bicyclic) bond motifs is 1. The van der Waals surface area contributed by atoms with Gasteiger partial charge in [-0.25, -0.2) is 4.79 Å². The van der Waals surface area contributed by atoms with E-state index in [1.54, 1.807) is 0 Å². The maximum absolute atomic E-state index is 12.8. The number of aryl methyl sites for hydroxylation is 1. The van der Waals surface area contributed by atoms with Crippen molar-refractivity contribution in [2.75, 3.05) is 18.4 Å². The number of carbonyl (C=O) groups is 1. The van der Waals surface area contributed by atoms with Crippen molar-refractivity contribution in [3.05, 3.63) is 69.9 Å². The molecule has 1 aliphatic heterocycles. The van der Waals surface area contributed by atoms with Gasteiger partial charge in [-0.05, 0) is 68.6 Å². The third-order valence-corrected chi connectivity index (χ3v) is 7.32. The normalized spacial score (nSPS) is 14.9. The Hall–Kier alpha value is -2.57. The van der Waals surface area contributed by atoms with Crippen molar-refractivity contribution in [1.29, 1.82) is 0 Å². The van der Waals surface area contributed by atoms with Gasteiger partial charge in [0.1, 0.15) is 5.00 Å². The van der Waals surface area contributed by atoms with Gasteiger partial charge in [-0.3, -0.25) is 4.90 Å². The molecule has 158 valence electrons. The highest BCUT2D eigenvalue weighted by atomic mass is 32.1. The van der Waals surface area contributed by atoms with Crippen molar-refractivity contribution >= 4 is 23.1 Å². The number of rotatable bonds is 5. The van der Waals surface area contributed by atoms with Crippen LogP contribution < -0.4 is 10.6 Å². The van der Waals surface area contributed by atoms with Gasteiger partial charge in [-0.2, -0.15) is 0 Å². The number of urea groups is 1. The lowest BCUT2D eigenvalue weighted by Crippen LogP contribution is -2.33. The SMILES string of the molecule is CCN1CCc2c(sc(-n3cccc3)c2C(C)NC(=O)Nc2cccc(C)c2C)C1. The number of amides is 2. The van der Waals surface area contributed by atoms with Gasteiger partial charge in [0, 0.05) is 41.6 Å². The van der Waals surface area contributed by atoms with Gasteiger partial charge in [-0.1, -0.05) is 19.1 Å². The molecule has 30 heavy (non-hydrogen) atoms. The molecular weight excluding hydrogens is 392 g/mol. The minimum absolute atomic E-state index is 0.0827. The van der Waals surface area contributed by atoms with Gasteiger partial charge in [0.2, 0.25) is 0 Å². The summed E-state index contributed by atoms with van der Waals surface area (Å²) in [4.78, 5) is 16.7. The van der Waals surface area contributed by atoms with Crippen molar-refractivity contribution < 1.29 is 4.79 Å². The highest BCUT2D eigenvalue weighted by Crippen LogP contribution is 2.39. The van der Waals surface area contributed by atoms with Crippen LogP contribution in [0.25, 0.3) is 5.00 Å². The Kier molecular flexibility index (Phi) is 5.97. The summed E-state index contributed by atoms with van der Waals surface area (Å²) in [5.41, 5.74) is 5.78. The first-order chi connectivity index (χ1) is 14.5. The standard InChI is InChI=1S/C24H30N4OS/c1-5-27-14-11-19-21(15-27)30-23(28-12-6-7-13-28)22(19)18(4)25-24(29)26-20-10-8-9-16(2)17(20)3/h6-10,12-13,18H,5,11,14-15H2,1-4H3,(H2,25,26,29). The van der Waals surface area contributed by atoms with Crippen LogP contribution in [0.1, 0.15) is 47.0 Å². The fraction of sp³-hybridized carbons (Fsp3) is 0.375. The van der Waals surface area contributed by atoms with E-state index in [1.807, 2.05) is 42.5 Å². The molecule has 2 N–H and O–H groups in total. The van der Waals surface area contributed by atoms with E-state index in [-0.39, 0.29) is 12.1 Å². The van der Waals surface area contributed by atoms with Gasteiger partial charge in [0.15, 0.2) is 0 Å². The van der Waals surface area contributed by atoms with Crippen molar-refractivity contribution in [2.24, 2.45) is 0 Å². The van der Waals surface area contributed by atoms with Crippen LogP contribution in [0.3, 0.4) is 0 Å². The fourth-order valence-electron chi connectivity index (χ4n) is 4.16.